The van der Waals surface area contributed by atoms with Gasteiger partial charge in [0.1, 0.15) is 5.58 Å². The van der Waals surface area contributed by atoms with Gasteiger partial charge in [-0.3, -0.25) is 4.79 Å². The maximum absolute atomic E-state index is 11.9. The third kappa shape index (κ3) is 3.15. The number of halogens is 1. The predicted octanol–water partition coefficient (Wildman–Crippen LogP) is 4.22. The molecule has 1 amide bonds. The molecule has 0 aliphatic carbocycles. The predicted molar refractivity (Wildman–Crippen MR) is 85.3 cm³/mol. The second-order valence-electron chi connectivity index (χ2n) is 4.44. The van der Waals surface area contributed by atoms with E-state index in [-0.39, 0.29) is 5.76 Å². The third-order valence-corrected chi connectivity index (χ3v) is 3.99. The highest BCUT2D eigenvalue weighted by Gasteiger charge is 2.11. The quantitative estimate of drug-likeness (QED) is 0.580. The van der Waals surface area contributed by atoms with Crippen LogP contribution in [0.4, 0.5) is 0 Å². The average molecular weight is 319 g/mol. The molecule has 0 bridgehead atoms. The Morgan fingerprint density at radius 2 is 2.19 bits per heavy atom. The van der Waals surface area contributed by atoms with Crippen LogP contribution in [0.25, 0.3) is 11.0 Å². The highest BCUT2D eigenvalue weighted by molar-refractivity contribution is 7.13. The van der Waals surface area contributed by atoms with Crippen LogP contribution in [-0.4, -0.2) is 12.1 Å². The van der Waals surface area contributed by atoms with E-state index in [0.717, 1.165) is 10.3 Å². The highest BCUT2D eigenvalue weighted by Crippen LogP contribution is 2.22. The topological polar surface area (TPSA) is 54.6 Å². The molecule has 1 aromatic carbocycles. The fraction of sp³-hybridized carbons (Fsp3) is 0.0667. The van der Waals surface area contributed by atoms with Gasteiger partial charge in [0.2, 0.25) is 0 Å². The van der Waals surface area contributed by atoms with Gasteiger partial charge in [0, 0.05) is 20.2 Å². The van der Waals surface area contributed by atoms with Gasteiger partial charge >= 0.3 is 5.91 Å². The van der Waals surface area contributed by atoms with E-state index >= 15 is 0 Å². The molecule has 2 heterocycles. The maximum atomic E-state index is 11.9. The number of hydrazone groups is 1. The zero-order valence-electron chi connectivity index (χ0n) is 11.1. The van der Waals surface area contributed by atoms with Crippen molar-refractivity contribution in [2.75, 3.05) is 0 Å². The smallest absolute Gasteiger partial charge is 0.307 e. The number of thiophene rings is 1. The average Bonchev–Trinajstić information content (AvgIpc) is 3.04. The van der Waals surface area contributed by atoms with Crippen LogP contribution in [0.2, 0.25) is 5.02 Å². The molecular formula is C15H11ClN2O2S. The lowest BCUT2D eigenvalue weighted by Gasteiger charge is -1.93. The fourth-order valence-corrected chi connectivity index (χ4v) is 2.79. The van der Waals surface area contributed by atoms with Crippen molar-refractivity contribution in [3.63, 3.8) is 0 Å². The summed E-state index contributed by atoms with van der Waals surface area (Å²) in [6.45, 7) is 2.01. The van der Waals surface area contributed by atoms with Crippen molar-refractivity contribution in [1.29, 1.82) is 0 Å². The summed E-state index contributed by atoms with van der Waals surface area (Å²) in [5.74, 6) is -0.196. The largest absolute Gasteiger partial charge is 0.451 e. The molecule has 2 aromatic heterocycles. The van der Waals surface area contributed by atoms with Gasteiger partial charge in [0.15, 0.2) is 5.76 Å². The maximum Gasteiger partial charge on any atom is 0.307 e. The first kappa shape index (κ1) is 13.9. The Morgan fingerprint density at radius 1 is 1.33 bits per heavy atom. The molecule has 0 saturated carbocycles. The van der Waals surface area contributed by atoms with E-state index in [2.05, 4.69) is 10.5 Å². The molecule has 3 rings (SSSR count). The number of benzene rings is 1. The lowest BCUT2D eigenvalue weighted by molar-refractivity contribution is 0.0929. The first-order chi connectivity index (χ1) is 10.1. The van der Waals surface area contributed by atoms with Crippen LogP contribution >= 0.6 is 22.9 Å². The number of nitrogens with one attached hydrogen (secondary N) is 1. The van der Waals surface area contributed by atoms with Crippen molar-refractivity contribution in [2.24, 2.45) is 5.10 Å². The summed E-state index contributed by atoms with van der Waals surface area (Å²) in [5.41, 5.74) is 3.06. The van der Waals surface area contributed by atoms with E-state index < -0.39 is 5.91 Å². The molecule has 106 valence electrons. The number of carbonyl (C=O) groups is 1. The number of amides is 1. The van der Waals surface area contributed by atoms with E-state index in [4.69, 9.17) is 16.0 Å². The second kappa shape index (κ2) is 5.71. The van der Waals surface area contributed by atoms with Gasteiger partial charge in [-0.15, -0.1) is 11.3 Å². The van der Waals surface area contributed by atoms with Crippen LogP contribution in [0, 0.1) is 6.92 Å². The molecule has 0 aliphatic rings. The van der Waals surface area contributed by atoms with Crippen LogP contribution < -0.4 is 5.43 Å². The molecule has 0 fully saturated rings. The first-order valence-electron chi connectivity index (χ1n) is 6.21. The van der Waals surface area contributed by atoms with Crippen molar-refractivity contribution in [3.05, 3.63) is 56.9 Å². The normalized spacial score (nSPS) is 11.3. The summed E-state index contributed by atoms with van der Waals surface area (Å²) < 4.78 is 5.45. The molecule has 0 aliphatic heterocycles. The van der Waals surface area contributed by atoms with Crippen molar-refractivity contribution in [2.45, 2.75) is 6.92 Å². The molecule has 1 N–H and O–H groups in total. The standard InChI is InChI=1S/C15H11ClN2O2S/c1-9-2-4-12(21-9)8-17-18-15(19)14-7-10-6-11(16)3-5-13(10)20-14/h2-8H,1H3,(H,18,19)/b17-8+. The molecule has 0 atom stereocenters. The van der Waals surface area contributed by atoms with Crippen LogP contribution in [0.15, 0.2) is 45.9 Å². The van der Waals surface area contributed by atoms with Gasteiger partial charge in [0.05, 0.1) is 6.21 Å². The minimum atomic E-state index is -0.396. The van der Waals surface area contributed by atoms with Crippen molar-refractivity contribution < 1.29 is 9.21 Å². The minimum absolute atomic E-state index is 0.201. The zero-order chi connectivity index (χ0) is 14.8. The molecule has 0 unspecified atom stereocenters. The van der Waals surface area contributed by atoms with Gasteiger partial charge in [-0.2, -0.15) is 5.10 Å². The second-order valence-corrected chi connectivity index (χ2v) is 6.20. The number of hydrogen-bond donors (Lipinski definition) is 1. The number of fused-ring (bicyclic) bond motifs is 1. The number of furan rings is 1. The Balaban J connectivity index is 1.73. The Bertz CT molecular complexity index is 835. The summed E-state index contributed by atoms with van der Waals surface area (Å²) in [7, 11) is 0. The number of aryl methyl sites for hydroxylation is 1. The third-order valence-electron chi connectivity index (χ3n) is 2.82. The zero-order valence-corrected chi connectivity index (χ0v) is 12.7. The highest BCUT2D eigenvalue weighted by atomic mass is 35.5. The Labute approximate surface area is 130 Å². The first-order valence-corrected chi connectivity index (χ1v) is 7.40. The van der Waals surface area contributed by atoms with Crippen LogP contribution in [0.5, 0.6) is 0 Å². The van der Waals surface area contributed by atoms with E-state index in [1.807, 2.05) is 19.1 Å². The summed E-state index contributed by atoms with van der Waals surface area (Å²) in [4.78, 5) is 14.1. The number of rotatable bonds is 3. The van der Waals surface area contributed by atoms with E-state index in [1.165, 1.54) is 4.88 Å². The van der Waals surface area contributed by atoms with E-state index in [9.17, 15) is 4.79 Å². The summed E-state index contributed by atoms with van der Waals surface area (Å²) in [6.07, 6.45) is 1.61. The molecular weight excluding hydrogens is 308 g/mol. The Kier molecular flexibility index (Phi) is 3.77. The van der Waals surface area contributed by atoms with Crippen LogP contribution in [0.1, 0.15) is 20.3 Å². The van der Waals surface area contributed by atoms with Gasteiger partial charge in [-0.05, 0) is 43.3 Å². The van der Waals surface area contributed by atoms with Crippen molar-refractivity contribution >= 4 is 46.0 Å². The summed E-state index contributed by atoms with van der Waals surface area (Å²) in [5, 5.41) is 5.30. The number of hydrogen-bond acceptors (Lipinski definition) is 4. The van der Waals surface area contributed by atoms with Crippen LogP contribution in [0.3, 0.4) is 0 Å². The van der Waals surface area contributed by atoms with Gasteiger partial charge in [0.25, 0.3) is 0 Å². The van der Waals surface area contributed by atoms with E-state index in [1.54, 1.807) is 41.8 Å². The molecule has 0 saturated heterocycles. The van der Waals surface area contributed by atoms with Gasteiger partial charge in [-0.1, -0.05) is 11.6 Å². The molecule has 21 heavy (non-hydrogen) atoms. The fourth-order valence-electron chi connectivity index (χ4n) is 1.86. The monoisotopic (exact) mass is 318 g/mol. The molecule has 4 nitrogen and oxygen atoms in total. The molecule has 3 aromatic rings. The van der Waals surface area contributed by atoms with E-state index in [0.29, 0.717) is 10.6 Å². The van der Waals surface area contributed by atoms with Crippen molar-refractivity contribution in [3.8, 4) is 0 Å². The number of carbonyl (C=O) groups excluding carboxylic acids is 1. The number of nitrogens with zero attached hydrogens (tertiary/aromatic N) is 1. The van der Waals surface area contributed by atoms with Gasteiger partial charge in [-0.25, -0.2) is 5.43 Å². The molecule has 0 spiro atoms. The lowest BCUT2D eigenvalue weighted by atomic mass is 10.2. The SMILES string of the molecule is Cc1ccc(/C=N/NC(=O)c2cc3cc(Cl)ccc3o2)s1. The lowest BCUT2D eigenvalue weighted by Crippen LogP contribution is -2.16. The summed E-state index contributed by atoms with van der Waals surface area (Å²) >= 11 is 7.50. The van der Waals surface area contributed by atoms with Gasteiger partial charge < -0.3 is 4.42 Å². The van der Waals surface area contributed by atoms with Crippen LogP contribution in [-0.2, 0) is 0 Å². The van der Waals surface area contributed by atoms with Crippen molar-refractivity contribution in [1.82, 2.24) is 5.43 Å². The summed E-state index contributed by atoms with van der Waals surface area (Å²) in [6, 6.07) is 10.8. The molecule has 6 heteroatoms. The Hall–Kier alpha value is -2.11. The molecule has 0 radical (unpaired) electrons. The Morgan fingerprint density at radius 3 is 2.95 bits per heavy atom. The minimum Gasteiger partial charge on any atom is -0.451 e.